The van der Waals surface area contributed by atoms with Crippen LogP contribution in [0.1, 0.15) is 11.3 Å². The third kappa shape index (κ3) is 3.94. The molecule has 0 saturated carbocycles. The summed E-state index contributed by atoms with van der Waals surface area (Å²) in [5.74, 6) is -1.67. The van der Waals surface area contributed by atoms with E-state index < -0.39 is 11.8 Å². The predicted octanol–water partition coefficient (Wildman–Crippen LogP) is 2.77. The normalized spacial score (nSPS) is 10.3. The fourth-order valence-electron chi connectivity index (χ4n) is 2.22. The van der Waals surface area contributed by atoms with Crippen molar-refractivity contribution in [2.24, 2.45) is 0 Å². The monoisotopic (exact) mass is 387 g/mol. The van der Waals surface area contributed by atoms with Crippen molar-refractivity contribution in [1.82, 2.24) is 14.7 Å². The van der Waals surface area contributed by atoms with Gasteiger partial charge in [0, 0.05) is 18.1 Å². The second-order valence-electron chi connectivity index (χ2n) is 5.29. The van der Waals surface area contributed by atoms with Gasteiger partial charge in [0.15, 0.2) is 0 Å². The lowest BCUT2D eigenvalue weighted by molar-refractivity contribution is -0.136. The number of nitrogens with zero attached hydrogens (tertiary/aromatic N) is 3. The molecule has 130 valence electrons. The maximum Gasteiger partial charge on any atom is 0.313 e. The summed E-state index contributed by atoms with van der Waals surface area (Å²) in [4.78, 5) is 28.2. The number of anilines is 1. The Morgan fingerprint density at radius 1 is 1.15 bits per heavy atom. The van der Waals surface area contributed by atoms with Crippen LogP contribution in [0, 0.1) is 11.3 Å². The van der Waals surface area contributed by atoms with E-state index in [2.05, 4.69) is 15.6 Å². The Kier molecular flexibility index (Phi) is 5.07. The minimum absolute atomic E-state index is 0.0830. The molecule has 2 amide bonds. The van der Waals surface area contributed by atoms with Crippen LogP contribution in [0.15, 0.2) is 42.7 Å². The van der Waals surface area contributed by atoms with Crippen molar-refractivity contribution in [2.75, 3.05) is 5.32 Å². The summed E-state index contributed by atoms with van der Waals surface area (Å²) < 4.78 is 1.72. The van der Waals surface area contributed by atoms with Crippen LogP contribution in [0.2, 0.25) is 10.0 Å². The standard InChI is InChI=1S/C17H11Cl2N5O2/c18-11-2-4-15-22-13(9-24(15)8-11)7-21-16(25)17(26)23-12-3-1-10(6-20)14(19)5-12/h1-5,8-9H,7H2,(H,21,25)(H,23,26). The van der Waals surface area contributed by atoms with E-state index in [-0.39, 0.29) is 17.1 Å². The summed E-state index contributed by atoms with van der Waals surface area (Å²) in [6, 6.07) is 9.71. The fourth-order valence-corrected chi connectivity index (χ4v) is 2.62. The first-order valence-electron chi connectivity index (χ1n) is 7.38. The molecule has 9 heteroatoms. The Labute approximate surface area is 158 Å². The highest BCUT2D eigenvalue weighted by Gasteiger charge is 2.15. The molecular formula is C17H11Cl2N5O2. The van der Waals surface area contributed by atoms with Gasteiger partial charge in [0.05, 0.1) is 27.8 Å². The van der Waals surface area contributed by atoms with Crippen LogP contribution in [0.3, 0.4) is 0 Å². The molecule has 0 saturated heterocycles. The van der Waals surface area contributed by atoms with Crippen LogP contribution in [0.4, 0.5) is 5.69 Å². The molecular weight excluding hydrogens is 377 g/mol. The van der Waals surface area contributed by atoms with Crippen molar-refractivity contribution in [3.63, 3.8) is 0 Å². The highest BCUT2D eigenvalue weighted by atomic mass is 35.5. The van der Waals surface area contributed by atoms with E-state index in [1.165, 1.54) is 18.2 Å². The largest absolute Gasteiger partial charge is 0.342 e. The first-order valence-corrected chi connectivity index (χ1v) is 8.14. The zero-order chi connectivity index (χ0) is 18.7. The molecule has 0 aliphatic carbocycles. The minimum Gasteiger partial charge on any atom is -0.342 e. The molecule has 0 aliphatic rings. The zero-order valence-corrected chi connectivity index (χ0v) is 14.7. The Balaban J connectivity index is 1.61. The molecule has 2 heterocycles. The minimum atomic E-state index is -0.849. The molecule has 3 rings (SSSR count). The van der Waals surface area contributed by atoms with E-state index >= 15 is 0 Å². The van der Waals surface area contributed by atoms with Gasteiger partial charge in [-0.15, -0.1) is 0 Å². The molecule has 0 fully saturated rings. The number of imidazole rings is 1. The van der Waals surface area contributed by atoms with E-state index in [1.54, 1.807) is 28.9 Å². The SMILES string of the molecule is N#Cc1ccc(NC(=O)C(=O)NCc2cn3cc(Cl)ccc3n2)cc1Cl. The molecule has 2 N–H and O–H groups in total. The number of carbonyl (C=O) groups is 2. The number of pyridine rings is 1. The first-order chi connectivity index (χ1) is 12.5. The van der Waals surface area contributed by atoms with Crippen LogP contribution in [-0.4, -0.2) is 21.2 Å². The molecule has 0 aliphatic heterocycles. The average molecular weight is 388 g/mol. The quantitative estimate of drug-likeness (QED) is 0.674. The van der Waals surface area contributed by atoms with Crippen molar-refractivity contribution < 1.29 is 9.59 Å². The number of hydrogen-bond acceptors (Lipinski definition) is 4. The maximum absolute atomic E-state index is 11.9. The number of nitrogens with one attached hydrogen (secondary N) is 2. The predicted molar refractivity (Wildman–Crippen MR) is 96.8 cm³/mol. The van der Waals surface area contributed by atoms with Gasteiger partial charge in [-0.05, 0) is 30.3 Å². The summed E-state index contributed by atoms with van der Waals surface area (Å²) in [6.07, 6.45) is 3.40. The lowest BCUT2D eigenvalue weighted by Crippen LogP contribution is -2.35. The second kappa shape index (κ2) is 7.44. The summed E-state index contributed by atoms with van der Waals surface area (Å²) in [5, 5.41) is 14.5. The molecule has 0 unspecified atom stereocenters. The Bertz CT molecular complexity index is 1050. The summed E-state index contributed by atoms with van der Waals surface area (Å²) in [5.41, 5.74) is 1.85. The number of nitriles is 1. The van der Waals surface area contributed by atoms with Crippen molar-refractivity contribution in [3.8, 4) is 6.07 Å². The van der Waals surface area contributed by atoms with E-state index in [9.17, 15) is 9.59 Å². The van der Waals surface area contributed by atoms with Gasteiger partial charge in [0.1, 0.15) is 11.7 Å². The number of halogens is 2. The van der Waals surface area contributed by atoms with E-state index in [0.29, 0.717) is 22.1 Å². The van der Waals surface area contributed by atoms with Gasteiger partial charge < -0.3 is 15.0 Å². The van der Waals surface area contributed by atoms with Crippen LogP contribution in [0.25, 0.3) is 5.65 Å². The molecule has 0 bridgehead atoms. The van der Waals surface area contributed by atoms with Crippen LogP contribution >= 0.6 is 23.2 Å². The number of benzene rings is 1. The van der Waals surface area contributed by atoms with Gasteiger partial charge in [-0.3, -0.25) is 9.59 Å². The molecule has 26 heavy (non-hydrogen) atoms. The van der Waals surface area contributed by atoms with Gasteiger partial charge in [0.25, 0.3) is 0 Å². The van der Waals surface area contributed by atoms with Gasteiger partial charge in [-0.1, -0.05) is 23.2 Å². The maximum atomic E-state index is 11.9. The summed E-state index contributed by atoms with van der Waals surface area (Å²) >= 11 is 11.8. The Morgan fingerprint density at radius 3 is 2.69 bits per heavy atom. The fraction of sp³-hybridized carbons (Fsp3) is 0.0588. The molecule has 3 aromatic rings. The highest BCUT2D eigenvalue weighted by molar-refractivity contribution is 6.39. The number of rotatable bonds is 3. The smallest absolute Gasteiger partial charge is 0.313 e. The van der Waals surface area contributed by atoms with Crippen LogP contribution in [-0.2, 0) is 16.1 Å². The van der Waals surface area contributed by atoms with Crippen molar-refractivity contribution in [3.05, 3.63) is 64.0 Å². The number of carbonyl (C=O) groups excluding carboxylic acids is 2. The average Bonchev–Trinajstić information content (AvgIpc) is 3.01. The molecule has 0 atom stereocenters. The third-order valence-electron chi connectivity index (χ3n) is 3.45. The number of amides is 2. The lowest BCUT2D eigenvalue weighted by Gasteiger charge is -2.06. The van der Waals surface area contributed by atoms with E-state index in [4.69, 9.17) is 28.5 Å². The van der Waals surface area contributed by atoms with Crippen molar-refractivity contribution in [2.45, 2.75) is 6.54 Å². The van der Waals surface area contributed by atoms with Crippen LogP contribution < -0.4 is 10.6 Å². The molecule has 7 nitrogen and oxygen atoms in total. The Morgan fingerprint density at radius 2 is 1.96 bits per heavy atom. The van der Waals surface area contributed by atoms with E-state index in [1.807, 2.05) is 6.07 Å². The summed E-state index contributed by atoms with van der Waals surface area (Å²) in [6.45, 7) is 0.0830. The van der Waals surface area contributed by atoms with Gasteiger partial charge in [-0.25, -0.2) is 4.98 Å². The number of aromatic nitrogens is 2. The molecule has 0 spiro atoms. The van der Waals surface area contributed by atoms with Crippen molar-refractivity contribution >= 4 is 46.4 Å². The third-order valence-corrected chi connectivity index (χ3v) is 3.98. The second-order valence-corrected chi connectivity index (χ2v) is 6.13. The zero-order valence-electron chi connectivity index (χ0n) is 13.2. The number of hydrogen-bond donors (Lipinski definition) is 2. The van der Waals surface area contributed by atoms with Crippen molar-refractivity contribution in [1.29, 1.82) is 5.26 Å². The number of fused-ring (bicyclic) bond motifs is 1. The van der Waals surface area contributed by atoms with E-state index in [0.717, 1.165) is 0 Å². The molecule has 0 radical (unpaired) electrons. The van der Waals surface area contributed by atoms with Gasteiger partial charge in [0.2, 0.25) is 0 Å². The molecule has 1 aromatic carbocycles. The first kappa shape index (κ1) is 17.7. The lowest BCUT2D eigenvalue weighted by atomic mass is 10.2. The van der Waals surface area contributed by atoms with Crippen LogP contribution in [0.5, 0.6) is 0 Å². The highest BCUT2D eigenvalue weighted by Crippen LogP contribution is 2.20. The Hall–Kier alpha value is -3.08. The summed E-state index contributed by atoms with van der Waals surface area (Å²) in [7, 11) is 0. The molecule has 2 aromatic heterocycles. The van der Waals surface area contributed by atoms with Gasteiger partial charge >= 0.3 is 11.8 Å². The topological polar surface area (TPSA) is 99.3 Å². The van der Waals surface area contributed by atoms with Gasteiger partial charge in [-0.2, -0.15) is 5.26 Å².